The molecule has 1 aliphatic heterocycles. The number of piperidine rings is 1. The first-order chi connectivity index (χ1) is 10.7. The van der Waals surface area contributed by atoms with Crippen LogP contribution >= 0.6 is 11.3 Å². The zero-order chi connectivity index (χ0) is 15.1. The van der Waals surface area contributed by atoms with Gasteiger partial charge in [-0.15, -0.1) is 16.4 Å². The van der Waals surface area contributed by atoms with Gasteiger partial charge < -0.3 is 4.90 Å². The van der Waals surface area contributed by atoms with Crippen molar-refractivity contribution in [3.8, 4) is 0 Å². The summed E-state index contributed by atoms with van der Waals surface area (Å²) >= 11 is 1.80. The lowest BCUT2D eigenvalue weighted by atomic mass is 10.0. The number of hydrogen-bond donors (Lipinski definition) is 0. The van der Waals surface area contributed by atoms with Crippen LogP contribution in [0.25, 0.3) is 0 Å². The third-order valence-corrected chi connectivity index (χ3v) is 6.09. The van der Waals surface area contributed by atoms with E-state index in [4.69, 9.17) is 0 Å². The van der Waals surface area contributed by atoms with Crippen LogP contribution in [-0.4, -0.2) is 38.9 Å². The molecule has 1 saturated heterocycles. The summed E-state index contributed by atoms with van der Waals surface area (Å²) in [6.07, 6.45) is 6.62. The molecule has 5 nitrogen and oxygen atoms in total. The summed E-state index contributed by atoms with van der Waals surface area (Å²) in [7, 11) is 0. The summed E-state index contributed by atoms with van der Waals surface area (Å²) < 4.78 is 1.93. The highest BCUT2D eigenvalue weighted by molar-refractivity contribution is 7.10. The summed E-state index contributed by atoms with van der Waals surface area (Å²) in [5, 5.41) is 10.1. The lowest BCUT2D eigenvalue weighted by Crippen LogP contribution is -2.40. The number of rotatable bonds is 3. The van der Waals surface area contributed by atoms with Gasteiger partial charge in [-0.05, 0) is 43.2 Å². The molecule has 0 unspecified atom stereocenters. The van der Waals surface area contributed by atoms with Crippen LogP contribution in [0.15, 0.2) is 23.8 Å². The third-order valence-electron chi connectivity index (χ3n) is 4.94. The molecule has 0 N–H and O–H groups in total. The molecule has 0 spiro atoms. The molecule has 116 valence electrons. The van der Waals surface area contributed by atoms with Gasteiger partial charge in [-0.25, -0.2) is 4.68 Å². The Morgan fingerprint density at radius 2 is 2.18 bits per heavy atom. The van der Waals surface area contributed by atoms with E-state index in [0.717, 1.165) is 32.4 Å². The lowest BCUT2D eigenvalue weighted by Gasteiger charge is -2.32. The SMILES string of the molecule is Cc1ccsc1[C@H]1C[C@H]1C(=O)N1CCC(n2ccnn2)CC1. The van der Waals surface area contributed by atoms with Crippen molar-refractivity contribution in [2.75, 3.05) is 13.1 Å². The van der Waals surface area contributed by atoms with Crippen molar-refractivity contribution in [3.05, 3.63) is 34.3 Å². The van der Waals surface area contributed by atoms with Crippen molar-refractivity contribution in [1.82, 2.24) is 19.9 Å². The molecule has 2 aromatic rings. The van der Waals surface area contributed by atoms with Gasteiger partial charge in [-0.1, -0.05) is 5.21 Å². The largest absolute Gasteiger partial charge is 0.342 e. The minimum atomic E-state index is 0.222. The topological polar surface area (TPSA) is 51.0 Å². The van der Waals surface area contributed by atoms with Crippen molar-refractivity contribution in [3.63, 3.8) is 0 Å². The minimum absolute atomic E-state index is 0.222. The molecule has 2 atom stereocenters. The van der Waals surface area contributed by atoms with E-state index in [2.05, 4.69) is 33.6 Å². The molecular formula is C16H20N4OS. The fourth-order valence-corrected chi connectivity index (χ4v) is 4.63. The quantitative estimate of drug-likeness (QED) is 0.874. The molecule has 1 amide bonds. The molecule has 3 heterocycles. The zero-order valence-electron chi connectivity index (χ0n) is 12.7. The van der Waals surface area contributed by atoms with Crippen LogP contribution in [-0.2, 0) is 4.79 Å². The first kappa shape index (κ1) is 13.9. The Labute approximate surface area is 133 Å². The molecule has 1 aliphatic carbocycles. The Morgan fingerprint density at radius 1 is 1.36 bits per heavy atom. The van der Waals surface area contributed by atoms with Crippen LogP contribution in [0, 0.1) is 12.8 Å². The number of carbonyl (C=O) groups is 1. The van der Waals surface area contributed by atoms with Crippen LogP contribution in [0.3, 0.4) is 0 Å². The number of aromatic nitrogens is 3. The highest BCUT2D eigenvalue weighted by Crippen LogP contribution is 2.51. The second kappa shape index (κ2) is 5.50. The van der Waals surface area contributed by atoms with Crippen molar-refractivity contribution < 1.29 is 4.79 Å². The van der Waals surface area contributed by atoms with Crippen molar-refractivity contribution >= 4 is 17.2 Å². The van der Waals surface area contributed by atoms with Gasteiger partial charge in [-0.3, -0.25) is 4.79 Å². The van der Waals surface area contributed by atoms with E-state index in [0.29, 0.717) is 17.9 Å². The fraction of sp³-hybridized carbons (Fsp3) is 0.562. The monoisotopic (exact) mass is 316 g/mol. The number of carbonyl (C=O) groups excluding carboxylic acids is 1. The number of likely N-dealkylation sites (tertiary alicyclic amines) is 1. The van der Waals surface area contributed by atoms with Gasteiger partial charge >= 0.3 is 0 Å². The summed E-state index contributed by atoms with van der Waals surface area (Å²) in [6.45, 7) is 3.83. The lowest BCUT2D eigenvalue weighted by molar-refractivity contribution is -0.134. The van der Waals surface area contributed by atoms with E-state index in [9.17, 15) is 4.79 Å². The Hall–Kier alpha value is -1.69. The average molecular weight is 316 g/mol. The highest BCUT2D eigenvalue weighted by atomic mass is 32.1. The second-order valence-electron chi connectivity index (χ2n) is 6.36. The number of aryl methyl sites for hydroxylation is 1. The molecule has 4 rings (SSSR count). The van der Waals surface area contributed by atoms with E-state index in [1.807, 2.05) is 10.9 Å². The Balaban J connectivity index is 1.35. The molecule has 2 aromatic heterocycles. The van der Waals surface area contributed by atoms with Crippen LogP contribution in [0.1, 0.15) is 41.7 Å². The van der Waals surface area contributed by atoms with Gasteiger partial charge in [0.2, 0.25) is 5.91 Å². The van der Waals surface area contributed by atoms with Gasteiger partial charge in [-0.2, -0.15) is 0 Å². The van der Waals surface area contributed by atoms with Crippen molar-refractivity contribution in [2.24, 2.45) is 5.92 Å². The standard InChI is InChI=1S/C16H20N4OS/c1-11-4-9-22-15(11)13-10-14(13)16(21)19-6-2-12(3-7-19)20-8-5-17-18-20/h4-5,8-9,12-14H,2-3,6-7,10H2,1H3/t13-,14+/m0/s1. The first-order valence-electron chi connectivity index (χ1n) is 7.92. The molecule has 2 aliphatic rings. The fourth-order valence-electron chi connectivity index (χ4n) is 3.52. The maximum absolute atomic E-state index is 12.7. The maximum atomic E-state index is 12.7. The Kier molecular flexibility index (Phi) is 3.48. The molecule has 22 heavy (non-hydrogen) atoms. The second-order valence-corrected chi connectivity index (χ2v) is 7.30. The molecule has 2 fully saturated rings. The van der Waals surface area contributed by atoms with E-state index in [1.54, 1.807) is 17.5 Å². The van der Waals surface area contributed by atoms with Crippen LogP contribution in [0.2, 0.25) is 0 Å². The summed E-state index contributed by atoms with van der Waals surface area (Å²) in [5.41, 5.74) is 1.34. The van der Waals surface area contributed by atoms with Crippen molar-refractivity contribution in [1.29, 1.82) is 0 Å². The third kappa shape index (κ3) is 2.45. The predicted molar refractivity (Wildman–Crippen MR) is 84.8 cm³/mol. The van der Waals surface area contributed by atoms with Crippen LogP contribution in [0.5, 0.6) is 0 Å². The summed E-state index contributed by atoms with van der Waals surface area (Å²) in [5.74, 6) is 1.05. The number of nitrogens with zero attached hydrogens (tertiary/aromatic N) is 4. The highest BCUT2D eigenvalue weighted by Gasteiger charge is 2.47. The van der Waals surface area contributed by atoms with E-state index in [1.165, 1.54) is 10.4 Å². The minimum Gasteiger partial charge on any atom is -0.342 e. The Bertz CT molecular complexity index is 658. The molecule has 0 radical (unpaired) electrons. The Morgan fingerprint density at radius 3 is 2.82 bits per heavy atom. The predicted octanol–water partition coefficient (Wildman–Crippen LogP) is 2.62. The first-order valence-corrected chi connectivity index (χ1v) is 8.80. The van der Waals surface area contributed by atoms with Crippen molar-refractivity contribution in [2.45, 2.75) is 38.1 Å². The summed E-state index contributed by atoms with van der Waals surface area (Å²) in [4.78, 5) is 16.1. The zero-order valence-corrected chi connectivity index (χ0v) is 13.5. The molecule has 0 aromatic carbocycles. The number of hydrogen-bond acceptors (Lipinski definition) is 4. The van der Waals surface area contributed by atoms with Gasteiger partial charge in [0.25, 0.3) is 0 Å². The van der Waals surface area contributed by atoms with Gasteiger partial charge in [0.15, 0.2) is 0 Å². The average Bonchev–Trinajstić information content (AvgIpc) is 2.95. The van der Waals surface area contributed by atoms with Crippen LogP contribution in [0.4, 0.5) is 0 Å². The van der Waals surface area contributed by atoms with E-state index < -0.39 is 0 Å². The van der Waals surface area contributed by atoms with E-state index >= 15 is 0 Å². The molecule has 1 saturated carbocycles. The number of thiophene rings is 1. The molecular weight excluding hydrogens is 296 g/mol. The number of amides is 1. The van der Waals surface area contributed by atoms with E-state index in [-0.39, 0.29) is 5.92 Å². The van der Waals surface area contributed by atoms with Gasteiger partial charge in [0.1, 0.15) is 0 Å². The summed E-state index contributed by atoms with van der Waals surface area (Å²) in [6, 6.07) is 2.55. The smallest absolute Gasteiger partial charge is 0.226 e. The maximum Gasteiger partial charge on any atom is 0.226 e. The molecule has 6 heteroatoms. The van der Waals surface area contributed by atoms with Gasteiger partial charge in [0.05, 0.1) is 12.2 Å². The van der Waals surface area contributed by atoms with Crippen LogP contribution < -0.4 is 0 Å². The normalized spacial score (nSPS) is 25.4. The van der Waals surface area contributed by atoms with Gasteiger partial charge in [0, 0.05) is 36.0 Å². The molecule has 0 bridgehead atoms.